The summed E-state index contributed by atoms with van der Waals surface area (Å²) < 4.78 is 7.22. The Hall–Kier alpha value is -3.90. The number of nitrogens with one attached hydrogen (secondary N) is 2. The zero-order valence-corrected chi connectivity index (χ0v) is 18.1. The van der Waals surface area contributed by atoms with Gasteiger partial charge in [-0.1, -0.05) is 48.5 Å². The third-order valence-corrected chi connectivity index (χ3v) is 5.34. The highest BCUT2D eigenvalue weighted by Crippen LogP contribution is 2.24. The summed E-state index contributed by atoms with van der Waals surface area (Å²) >= 11 is 0. The first-order valence-electron chi connectivity index (χ1n) is 10.5. The number of amides is 1. The Labute approximate surface area is 187 Å². The molecule has 0 aliphatic heterocycles. The highest BCUT2D eigenvalue weighted by molar-refractivity contribution is 5.95. The fourth-order valence-electron chi connectivity index (χ4n) is 3.58. The standard InChI is InChI=1S/C26H26N4O2/c1-19(20-11-13-23(14-12-20)30-16-15-27-18-30)28-25(21-7-4-3-5-8-21)26(31)29-22-9-6-10-24(17-22)32-2/h3-19,25,28H,1-2H3,(H,29,31)/t19-,25-/m1/s1. The first kappa shape index (κ1) is 21.3. The molecule has 2 atom stereocenters. The van der Waals surface area contributed by atoms with Crippen LogP contribution in [0.2, 0.25) is 0 Å². The van der Waals surface area contributed by atoms with E-state index < -0.39 is 6.04 Å². The molecule has 0 saturated carbocycles. The van der Waals surface area contributed by atoms with E-state index in [1.807, 2.05) is 71.4 Å². The molecular formula is C26H26N4O2. The number of imidazole rings is 1. The van der Waals surface area contributed by atoms with Crippen molar-refractivity contribution in [1.82, 2.24) is 14.9 Å². The number of carbonyl (C=O) groups is 1. The number of rotatable bonds is 8. The van der Waals surface area contributed by atoms with Crippen LogP contribution >= 0.6 is 0 Å². The van der Waals surface area contributed by atoms with Crippen molar-refractivity contribution in [3.8, 4) is 11.4 Å². The third-order valence-electron chi connectivity index (χ3n) is 5.34. The van der Waals surface area contributed by atoms with E-state index in [0.717, 1.165) is 16.8 Å². The molecular weight excluding hydrogens is 400 g/mol. The van der Waals surface area contributed by atoms with Gasteiger partial charge in [0.2, 0.25) is 5.91 Å². The summed E-state index contributed by atoms with van der Waals surface area (Å²) in [5.74, 6) is 0.560. The molecule has 1 amide bonds. The highest BCUT2D eigenvalue weighted by atomic mass is 16.5. The lowest BCUT2D eigenvalue weighted by Gasteiger charge is -2.24. The number of carbonyl (C=O) groups excluding carboxylic acids is 1. The van der Waals surface area contributed by atoms with E-state index in [4.69, 9.17) is 4.74 Å². The Balaban J connectivity index is 1.53. The van der Waals surface area contributed by atoms with Crippen molar-refractivity contribution < 1.29 is 9.53 Å². The fraction of sp³-hybridized carbons (Fsp3) is 0.154. The number of ether oxygens (including phenoxy) is 1. The molecule has 4 aromatic rings. The summed E-state index contributed by atoms with van der Waals surface area (Å²) in [5.41, 5.74) is 3.71. The number of anilines is 1. The van der Waals surface area contributed by atoms with Gasteiger partial charge in [0, 0.05) is 35.9 Å². The fourth-order valence-corrected chi connectivity index (χ4v) is 3.58. The second-order valence-corrected chi connectivity index (χ2v) is 7.51. The van der Waals surface area contributed by atoms with Crippen molar-refractivity contribution in [1.29, 1.82) is 0 Å². The third kappa shape index (κ3) is 5.04. The Morgan fingerprint density at radius 1 is 0.969 bits per heavy atom. The number of methoxy groups -OCH3 is 1. The predicted octanol–water partition coefficient (Wildman–Crippen LogP) is 4.91. The number of aromatic nitrogens is 2. The number of hydrogen-bond donors (Lipinski definition) is 2. The van der Waals surface area contributed by atoms with Crippen LogP contribution in [0, 0.1) is 0 Å². The normalized spacial score (nSPS) is 12.7. The van der Waals surface area contributed by atoms with E-state index in [0.29, 0.717) is 11.4 Å². The van der Waals surface area contributed by atoms with Crippen molar-refractivity contribution in [3.63, 3.8) is 0 Å². The lowest BCUT2D eigenvalue weighted by Crippen LogP contribution is -2.34. The average Bonchev–Trinajstić information content (AvgIpc) is 3.38. The molecule has 0 aliphatic rings. The van der Waals surface area contributed by atoms with Gasteiger partial charge in [-0.2, -0.15) is 0 Å². The molecule has 4 rings (SSSR count). The van der Waals surface area contributed by atoms with Crippen LogP contribution in [0.15, 0.2) is 97.6 Å². The molecule has 0 bridgehead atoms. The first-order valence-corrected chi connectivity index (χ1v) is 10.5. The first-order chi connectivity index (χ1) is 15.6. The second kappa shape index (κ2) is 9.94. The highest BCUT2D eigenvalue weighted by Gasteiger charge is 2.23. The zero-order chi connectivity index (χ0) is 22.3. The van der Waals surface area contributed by atoms with Crippen LogP contribution < -0.4 is 15.4 Å². The van der Waals surface area contributed by atoms with Gasteiger partial charge in [-0.15, -0.1) is 0 Å². The van der Waals surface area contributed by atoms with Crippen molar-refractivity contribution in [2.45, 2.75) is 19.0 Å². The molecule has 32 heavy (non-hydrogen) atoms. The molecule has 6 heteroatoms. The van der Waals surface area contributed by atoms with E-state index >= 15 is 0 Å². The maximum atomic E-state index is 13.3. The lowest BCUT2D eigenvalue weighted by atomic mass is 10.0. The lowest BCUT2D eigenvalue weighted by molar-refractivity contribution is -0.118. The molecule has 0 unspecified atom stereocenters. The maximum absolute atomic E-state index is 13.3. The predicted molar refractivity (Wildman–Crippen MR) is 126 cm³/mol. The zero-order valence-electron chi connectivity index (χ0n) is 18.1. The van der Waals surface area contributed by atoms with E-state index in [1.165, 1.54) is 0 Å². The molecule has 0 spiro atoms. The Morgan fingerprint density at radius 2 is 1.75 bits per heavy atom. The van der Waals surface area contributed by atoms with E-state index in [-0.39, 0.29) is 11.9 Å². The van der Waals surface area contributed by atoms with E-state index in [9.17, 15) is 4.79 Å². The smallest absolute Gasteiger partial charge is 0.246 e. The van der Waals surface area contributed by atoms with E-state index in [1.54, 1.807) is 25.7 Å². The van der Waals surface area contributed by atoms with Crippen LogP contribution in [0.1, 0.15) is 30.1 Å². The summed E-state index contributed by atoms with van der Waals surface area (Å²) in [5, 5.41) is 6.50. The Bertz CT molecular complexity index is 1140. The van der Waals surface area contributed by atoms with Gasteiger partial charge in [-0.3, -0.25) is 10.1 Å². The molecule has 0 saturated heterocycles. The number of nitrogens with zero attached hydrogens (tertiary/aromatic N) is 2. The van der Waals surface area contributed by atoms with E-state index in [2.05, 4.69) is 34.7 Å². The van der Waals surface area contributed by atoms with Crippen molar-refractivity contribution >= 4 is 11.6 Å². The largest absolute Gasteiger partial charge is 0.497 e. The van der Waals surface area contributed by atoms with Gasteiger partial charge in [0.1, 0.15) is 11.8 Å². The minimum Gasteiger partial charge on any atom is -0.497 e. The summed E-state index contributed by atoms with van der Waals surface area (Å²) in [6.07, 6.45) is 5.43. The van der Waals surface area contributed by atoms with Crippen molar-refractivity contribution in [2.75, 3.05) is 12.4 Å². The summed E-state index contributed by atoms with van der Waals surface area (Å²) in [6.45, 7) is 2.06. The van der Waals surface area contributed by atoms with Gasteiger partial charge in [0.25, 0.3) is 0 Å². The number of hydrogen-bond acceptors (Lipinski definition) is 4. The topological polar surface area (TPSA) is 68.2 Å². The SMILES string of the molecule is COc1cccc(NC(=O)[C@H](N[C@H](C)c2ccc(-n3ccnc3)cc2)c2ccccc2)c1. The second-order valence-electron chi connectivity index (χ2n) is 7.51. The molecule has 162 valence electrons. The molecule has 0 radical (unpaired) electrons. The minimum atomic E-state index is -0.522. The molecule has 3 aromatic carbocycles. The summed E-state index contributed by atoms with van der Waals surface area (Å²) in [4.78, 5) is 17.4. The van der Waals surface area contributed by atoms with Gasteiger partial charge < -0.3 is 14.6 Å². The maximum Gasteiger partial charge on any atom is 0.246 e. The van der Waals surface area contributed by atoms with Crippen molar-refractivity contribution in [3.05, 3.63) is 109 Å². The molecule has 6 nitrogen and oxygen atoms in total. The van der Waals surface area contributed by atoms with Crippen LogP contribution in [-0.4, -0.2) is 22.6 Å². The van der Waals surface area contributed by atoms with Gasteiger partial charge in [-0.25, -0.2) is 4.98 Å². The molecule has 0 fully saturated rings. The van der Waals surface area contributed by atoms with Gasteiger partial charge >= 0.3 is 0 Å². The minimum absolute atomic E-state index is 0.0481. The van der Waals surface area contributed by atoms with Crippen LogP contribution in [0.4, 0.5) is 5.69 Å². The average molecular weight is 427 g/mol. The van der Waals surface area contributed by atoms with Gasteiger partial charge in [0.05, 0.1) is 13.4 Å². The van der Waals surface area contributed by atoms with Crippen LogP contribution in [0.5, 0.6) is 5.75 Å². The molecule has 1 heterocycles. The number of benzene rings is 3. The van der Waals surface area contributed by atoms with Gasteiger partial charge in [0.15, 0.2) is 0 Å². The summed E-state index contributed by atoms with van der Waals surface area (Å²) in [6, 6.07) is 24.7. The van der Waals surface area contributed by atoms with Gasteiger partial charge in [-0.05, 0) is 42.3 Å². The Morgan fingerprint density at radius 3 is 2.44 bits per heavy atom. The monoisotopic (exact) mass is 426 g/mol. The van der Waals surface area contributed by atoms with Crippen LogP contribution in [0.25, 0.3) is 5.69 Å². The van der Waals surface area contributed by atoms with Crippen LogP contribution in [0.3, 0.4) is 0 Å². The molecule has 1 aromatic heterocycles. The Kier molecular flexibility index (Phi) is 6.63. The quantitative estimate of drug-likeness (QED) is 0.420. The summed E-state index contributed by atoms with van der Waals surface area (Å²) in [7, 11) is 1.61. The molecule has 0 aliphatic carbocycles. The van der Waals surface area contributed by atoms with Crippen molar-refractivity contribution in [2.24, 2.45) is 0 Å². The molecule has 2 N–H and O–H groups in total. The van der Waals surface area contributed by atoms with Crippen LogP contribution in [-0.2, 0) is 4.79 Å².